The standard InChI is InChI=1S/C17H18F3NO2S/c1-21(11-13-7-3-5-9-15(13)17(18,19)20)12-14-8-4-6-10-16(14)24(2,22)23/h3-10H,11-12H2,1-2H3. The molecule has 2 rings (SSSR count). The van der Waals surface area contributed by atoms with Crippen LogP contribution in [-0.4, -0.2) is 26.6 Å². The quantitative estimate of drug-likeness (QED) is 0.818. The molecule has 0 N–H and O–H groups in total. The summed E-state index contributed by atoms with van der Waals surface area (Å²) in [6, 6.07) is 11.9. The third-order valence-electron chi connectivity index (χ3n) is 3.58. The molecule has 2 aromatic rings. The molecule has 0 atom stereocenters. The Balaban J connectivity index is 2.24. The molecule has 0 aromatic heterocycles. The minimum Gasteiger partial charge on any atom is -0.298 e. The van der Waals surface area contributed by atoms with Crippen LogP contribution < -0.4 is 0 Å². The van der Waals surface area contributed by atoms with Crippen molar-refractivity contribution in [2.24, 2.45) is 0 Å². The lowest BCUT2D eigenvalue weighted by Gasteiger charge is -2.21. The molecule has 0 unspecified atom stereocenters. The van der Waals surface area contributed by atoms with Crippen LogP contribution in [0.15, 0.2) is 53.4 Å². The summed E-state index contributed by atoms with van der Waals surface area (Å²) in [5.41, 5.74) is 0.0459. The smallest absolute Gasteiger partial charge is 0.298 e. The molecule has 0 aliphatic rings. The van der Waals surface area contributed by atoms with Crippen LogP contribution >= 0.6 is 0 Å². The molecule has 0 saturated heterocycles. The highest BCUT2D eigenvalue weighted by atomic mass is 32.2. The third kappa shape index (κ3) is 4.58. The molecule has 7 heteroatoms. The first-order valence-corrected chi connectivity index (χ1v) is 9.10. The Morgan fingerprint density at radius 1 is 0.917 bits per heavy atom. The second-order valence-electron chi connectivity index (χ2n) is 5.71. The molecule has 0 radical (unpaired) electrons. The van der Waals surface area contributed by atoms with Crippen LogP contribution in [0, 0.1) is 0 Å². The molecule has 0 heterocycles. The second kappa shape index (κ2) is 6.94. The van der Waals surface area contributed by atoms with Crippen molar-refractivity contribution in [3.63, 3.8) is 0 Å². The first-order chi connectivity index (χ1) is 11.1. The van der Waals surface area contributed by atoms with Crippen molar-refractivity contribution in [1.29, 1.82) is 0 Å². The van der Waals surface area contributed by atoms with Crippen molar-refractivity contribution in [3.8, 4) is 0 Å². The zero-order chi connectivity index (χ0) is 18.0. The van der Waals surface area contributed by atoms with Gasteiger partial charge in [0.1, 0.15) is 0 Å². The van der Waals surface area contributed by atoms with Gasteiger partial charge >= 0.3 is 6.18 Å². The average molecular weight is 357 g/mol. The number of nitrogens with zero attached hydrogens (tertiary/aromatic N) is 1. The van der Waals surface area contributed by atoms with Crippen molar-refractivity contribution < 1.29 is 21.6 Å². The van der Waals surface area contributed by atoms with Crippen LogP contribution in [-0.2, 0) is 29.1 Å². The van der Waals surface area contributed by atoms with Gasteiger partial charge in [-0.25, -0.2) is 8.42 Å². The van der Waals surface area contributed by atoms with Gasteiger partial charge < -0.3 is 0 Å². The van der Waals surface area contributed by atoms with Crippen molar-refractivity contribution in [2.75, 3.05) is 13.3 Å². The molecule has 2 aromatic carbocycles. The maximum absolute atomic E-state index is 13.0. The fourth-order valence-electron chi connectivity index (χ4n) is 2.57. The van der Waals surface area contributed by atoms with Gasteiger partial charge in [0.15, 0.2) is 9.84 Å². The fraction of sp³-hybridized carbons (Fsp3) is 0.294. The minimum atomic E-state index is -4.41. The summed E-state index contributed by atoms with van der Waals surface area (Å²) in [4.78, 5) is 1.86. The fourth-order valence-corrected chi connectivity index (χ4v) is 3.50. The van der Waals surface area contributed by atoms with E-state index in [1.807, 2.05) is 0 Å². The van der Waals surface area contributed by atoms with Gasteiger partial charge in [-0.05, 0) is 30.3 Å². The molecular formula is C17H18F3NO2S. The van der Waals surface area contributed by atoms with Crippen LogP contribution in [0.4, 0.5) is 13.2 Å². The van der Waals surface area contributed by atoms with Crippen LogP contribution in [0.1, 0.15) is 16.7 Å². The molecule has 24 heavy (non-hydrogen) atoms. The second-order valence-corrected chi connectivity index (χ2v) is 7.69. The van der Waals surface area contributed by atoms with Crippen LogP contribution in [0.5, 0.6) is 0 Å². The van der Waals surface area contributed by atoms with E-state index in [2.05, 4.69) is 0 Å². The van der Waals surface area contributed by atoms with E-state index in [1.165, 1.54) is 18.2 Å². The van der Waals surface area contributed by atoms with Crippen LogP contribution in [0.2, 0.25) is 0 Å². The summed E-state index contributed by atoms with van der Waals surface area (Å²) in [6.07, 6.45) is -3.30. The molecule has 0 amide bonds. The number of halogens is 3. The zero-order valence-corrected chi connectivity index (χ0v) is 14.2. The summed E-state index contributed by atoms with van der Waals surface area (Å²) in [5, 5.41) is 0. The molecule has 0 aliphatic carbocycles. The maximum Gasteiger partial charge on any atom is 0.416 e. The van der Waals surface area contributed by atoms with Gasteiger partial charge in [-0.2, -0.15) is 13.2 Å². The van der Waals surface area contributed by atoms with E-state index in [0.717, 1.165) is 12.3 Å². The van der Waals surface area contributed by atoms with Gasteiger partial charge in [-0.1, -0.05) is 36.4 Å². The third-order valence-corrected chi connectivity index (χ3v) is 4.77. The van der Waals surface area contributed by atoms with Crippen molar-refractivity contribution in [2.45, 2.75) is 24.2 Å². The predicted molar refractivity (Wildman–Crippen MR) is 86.2 cm³/mol. The Morgan fingerprint density at radius 3 is 2.00 bits per heavy atom. The summed E-state index contributed by atoms with van der Waals surface area (Å²) >= 11 is 0. The molecular weight excluding hydrogens is 339 g/mol. The predicted octanol–water partition coefficient (Wildman–Crippen LogP) is 3.74. The highest BCUT2D eigenvalue weighted by molar-refractivity contribution is 7.90. The molecule has 0 fully saturated rings. The number of rotatable bonds is 5. The van der Waals surface area contributed by atoms with Gasteiger partial charge in [0.2, 0.25) is 0 Å². The SMILES string of the molecule is CN(Cc1ccccc1C(F)(F)F)Cc1ccccc1S(C)(=O)=O. The first-order valence-electron chi connectivity index (χ1n) is 7.20. The van der Waals surface area contributed by atoms with Crippen molar-refractivity contribution >= 4 is 9.84 Å². The highest BCUT2D eigenvalue weighted by Crippen LogP contribution is 2.32. The van der Waals surface area contributed by atoms with E-state index in [0.29, 0.717) is 5.56 Å². The first kappa shape index (κ1) is 18.5. The Labute approximate surface area is 139 Å². The monoisotopic (exact) mass is 357 g/mol. The lowest BCUT2D eigenvalue weighted by atomic mass is 10.1. The van der Waals surface area contributed by atoms with Gasteiger partial charge in [0.05, 0.1) is 10.5 Å². The molecule has 0 saturated carbocycles. The van der Waals surface area contributed by atoms with Gasteiger partial charge in [0.25, 0.3) is 0 Å². The average Bonchev–Trinajstić information content (AvgIpc) is 2.46. The number of alkyl halides is 3. The minimum absolute atomic E-state index is 0.0633. The zero-order valence-electron chi connectivity index (χ0n) is 13.3. The van der Waals surface area contributed by atoms with Gasteiger partial charge in [-0.3, -0.25) is 4.90 Å². The molecule has 0 aliphatic heterocycles. The number of hydrogen-bond donors (Lipinski definition) is 0. The summed E-state index contributed by atoms with van der Waals surface area (Å²) < 4.78 is 62.8. The molecule has 3 nitrogen and oxygen atoms in total. The van der Waals surface area contributed by atoms with E-state index >= 15 is 0 Å². The van der Waals surface area contributed by atoms with Gasteiger partial charge in [-0.15, -0.1) is 0 Å². The Hall–Kier alpha value is -1.86. The summed E-state index contributed by atoms with van der Waals surface area (Å²) in [6.45, 7) is 0.295. The Bertz CT molecular complexity index is 817. The van der Waals surface area contributed by atoms with Crippen molar-refractivity contribution in [3.05, 3.63) is 65.2 Å². The lowest BCUT2D eigenvalue weighted by Crippen LogP contribution is -2.21. The maximum atomic E-state index is 13.0. The Morgan fingerprint density at radius 2 is 1.42 bits per heavy atom. The van der Waals surface area contributed by atoms with E-state index in [9.17, 15) is 21.6 Å². The number of benzene rings is 2. The molecule has 0 spiro atoms. The van der Waals surface area contributed by atoms with E-state index in [1.54, 1.807) is 36.2 Å². The molecule has 130 valence electrons. The topological polar surface area (TPSA) is 37.4 Å². The lowest BCUT2D eigenvalue weighted by molar-refractivity contribution is -0.138. The Kier molecular flexibility index (Phi) is 5.35. The van der Waals surface area contributed by atoms with Crippen LogP contribution in [0.25, 0.3) is 0 Å². The van der Waals surface area contributed by atoms with Crippen molar-refractivity contribution in [1.82, 2.24) is 4.90 Å². The largest absolute Gasteiger partial charge is 0.416 e. The molecule has 0 bridgehead atoms. The highest BCUT2D eigenvalue weighted by Gasteiger charge is 2.33. The van der Waals surface area contributed by atoms with E-state index in [-0.39, 0.29) is 23.5 Å². The number of sulfone groups is 1. The summed E-state index contributed by atoms with van der Waals surface area (Å²) in [7, 11) is -1.73. The van der Waals surface area contributed by atoms with Gasteiger partial charge in [0, 0.05) is 19.3 Å². The summed E-state index contributed by atoms with van der Waals surface area (Å²) in [5.74, 6) is 0. The van der Waals surface area contributed by atoms with E-state index in [4.69, 9.17) is 0 Å². The normalized spacial score (nSPS) is 12.6. The number of hydrogen-bond acceptors (Lipinski definition) is 3. The van der Waals surface area contributed by atoms with E-state index < -0.39 is 21.6 Å². The van der Waals surface area contributed by atoms with Crippen LogP contribution in [0.3, 0.4) is 0 Å².